The molecule has 0 amide bonds. The third kappa shape index (κ3) is 5.87. The first-order valence-electron chi connectivity index (χ1n) is 11.1. The first kappa shape index (κ1) is 26.1. The summed E-state index contributed by atoms with van der Waals surface area (Å²) in [7, 11) is 0. The number of nitriles is 1. The van der Waals surface area contributed by atoms with Crippen LogP contribution < -0.4 is 9.47 Å². The average Bonchev–Trinajstić information content (AvgIpc) is 2.86. The fourth-order valence-electron chi connectivity index (χ4n) is 3.52. The molecule has 9 heteroatoms. The van der Waals surface area contributed by atoms with Crippen molar-refractivity contribution in [3.63, 3.8) is 0 Å². The summed E-state index contributed by atoms with van der Waals surface area (Å²) in [5, 5.41) is 8.76. The number of hydrogen-bond acceptors (Lipinski definition) is 5. The second-order valence-corrected chi connectivity index (χ2v) is 8.25. The third-order valence-corrected chi connectivity index (χ3v) is 5.54. The number of carbonyl (C=O) groups excluding carboxylic acids is 2. The summed E-state index contributed by atoms with van der Waals surface area (Å²) in [5.74, 6) is -5.58. The van der Waals surface area contributed by atoms with Crippen LogP contribution in [0.25, 0.3) is 0 Å². The highest BCUT2D eigenvalue weighted by molar-refractivity contribution is 5.92. The monoisotopic (exact) mass is 519 g/mol. The van der Waals surface area contributed by atoms with Crippen molar-refractivity contribution in [2.75, 3.05) is 0 Å². The summed E-state index contributed by atoms with van der Waals surface area (Å²) in [4.78, 5) is 24.6. The van der Waals surface area contributed by atoms with Gasteiger partial charge in [0.05, 0.1) is 16.7 Å². The van der Waals surface area contributed by atoms with E-state index in [0.717, 1.165) is 30.3 Å². The fraction of sp³-hybridized carbons (Fsp3) is 0.0690. The Labute approximate surface area is 214 Å². The largest absolute Gasteiger partial charge is 0.423 e. The summed E-state index contributed by atoms with van der Waals surface area (Å²) >= 11 is 0. The quantitative estimate of drug-likeness (QED) is 0.166. The van der Waals surface area contributed by atoms with Crippen molar-refractivity contribution >= 4 is 11.9 Å². The van der Waals surface area contributed by atoms with Crippen LogP contribution in [-0.4, -0.2) is 11.9 Å². The highest BCUT2D eigenvalue weighted by atomic mass is 19.1. The lowest BCUT2D eigenvalue weighted by Gasteiger charge is -2.09. The van der Waals surface area contributed by atoms with Gasteiger partial charge in [-0.1, -0.05) is 18.2 Å². The van der Waals surface area contributed by atoms with Crippen LogP contribution in [-0.2, 0) is 6.42 Å². The zero-order valence-corrected chi connectivity index (χ0v) is 19.7. The Morgan fingerprint density at radius 2 is 1.18 bits per heavy atom. The Kier molecular flexibility index (Phi) is 7.53. The molecule has 5 nitrogen and oxygen atoms in total. The molecule has 4 aromatic rings. The number of nitrogens with zero attached hydrogens (tertiary/aromatic N) is 1. The van der Waals surface area contributed by atoms with Crippen molar-refractivity contribution < 1.29 is 36.6 Å². The van der Waals surface area contributed by atoms with E-state index in [1.807, 2.05) is 0 Å². The summed E-state index contributed by atoms with van der Waals surface area (Å²) < 4.78 is 66.7. The second-order valence-electron chi connectivity index (χ2n) is 8.25. The molecule has 0 spiro atoms. The molecule has 0 fully saturated rings. The van der Waals surface area contributed by atoms with Gasteiger partial charge in [0, 0.05) is 12.1 Å². The average molecular weight is 519 g/mol. The molecule has 0 aliphatic rings. The summed E-state index contributed by atoms with van der Waals surface area (Å²) in [6, 6.07) is 16.1. The lowest BCUT2D eigenvalue weighted by Crippen LogP contribution is -2.12. The van der Waals surface area contributed by atoms with Gasteiger partial charge in [-0.05, 0) is 72.5 Å². The number of esters is 2. The van der Waals surface area contributed by atoms with Gasteiger partial charge < -0.3 is 9.47 Å². The molecule has 190 valence electrons. The van der Waals surface area contributed by atoms with E-state index in [2.05, 4.69) is 0 Å². The second kappa shape index (κ2) is 11.0. The van der Waals surface area contributed by atoms with Crippen LogP contribution in [0.3, 0.4) is 0 Å². The van der Waals surface area contributed by atoms with E-state index >= 15 is 0 Å². The zero-order valence-electron chi connectivity index (χ0n) is 19.7. The van der Waals surface area contributed by atoms with Crippen LogP contribution in [0.15, 0.2) is 72.8 Å². The number of ether oxygens (including phenoxy) is 2. The molecule has 38 heavy (non-hydrogen) atoms. The Hall–Kier alpha value is -4.97. The van der Waals surface area contributed by atoms with E-state index in [4.69, 9.17) is 14.7 Å². The predicted molar refractivity (Wildman–Crippen MR) is 128 cm³/mol. The zero-order chi connectivity index (χ0) is 27.4. The topological polar surface area (TPSA) is 76.4 Å². The molecule has 0 N–H and O–H groups in total. The molecule has 0 heterocycles. The number of halogens is 4. The predicted octanol–water partition coefficient (Wildman–Crippen LogP) is 6.45. The molecule has 0 aliphatic heterocycles. The van der Waals surface area contributed by atoms with Gasteiger partial charge in [-0.2, -0.15) is 5.26 Å². The van der Waals surface area contributed by atoms with Crippen molar-refractivity contribution in [3.05, 3.63) is 129 Å². The Balaban J connectivity index is 1.44. The SMILES string of the molecule is Cc1ccc(OC(=O)c2ccc(Cc3ccc(C(=O)Oc4ccc(C#N)c(F)c4)c(F)c3)cc2F)cc1F. The Bertz CT molecular complexity index is 1610. The molecule has 0 saturated heterocycles. The fourth-order valence-corrected chi connectivity index (χ4v) is 3.52. The van der Waals surface area contributed by atoms with Crippen LogP contribution in [0.1, 0.15) is 43.0 Å². The van der Waals surface area contributed by atoms with Crippen molar-refractivity contribution in [1.82, 2.24) is 0 Å². The van der Waals surface area contributed by atoms with Gasteiger partial charge in [-0.3, -0.25) is 0 Å². The van der Waals surface area contributed by atoms with Crippen LogP contribution in [0.5, 0.6) is 11.5 Å². The normalized spacial score (nSPS) is 10.5. The van der Waals surface area contributed by atoms with Gasteiger partial charge in [0.2, 0.25) is 0 Å². The highest BCUT2D eigenvalue weighted by Crippen LogP contribution is 2.22. The Morgan fingerprint density at radius 3 is 1.63 bits per heavy atom. The van der Waals surface area contributed by atoms with Crippen LogP contribution in [0.4, 0.5) is 17.6 Å². The van der Waals surface area contributed by atoms with Crippen molar-refractivity contribution in [2.45, 2.75) is 13.3 Å². The number of rotatable bonds is 6. The van der Waals surface area contributed by atoms with E-state index in [9.17, 15) is 27.2 Å². The maximum atomic E-state index is 14.6. The molecule has 0 unspecified atom stereocenters. The summed E-state index contributed by atoms with van der Waals surface area (Å²) in [6.07, 6.45) is 0.0719. The number of aryl methyl sites for hydroxylation is 1. The summed E-state index contributed by atoms with van der Waals surface area (Å²) in [6.45, 7) is 1.55. The molecule has 0 saturated carbocycles. The number of benzene rings is 4. The van der Waals surface area contributed by atoms with Crippen LogP contribution in [0.2, 0.25) is 0 Å². The first-order chi connectivity index (χ1) is 18.1. The van der Waals surface area contributed by atoms with E-state index in [0.29, 0.717) is 16.7 Å². The lowest BCUT2D eigenvalue weighted by molar-refractivity contribution is 0.0719. The van der Waals surface area contributed by atoms with Gasteiger partial charge in [0.15, 0.2) is 0 Å². The van der Waals surface area contributed by atoms with Gasteiger partial charge in [0.25, 0.3) is 0 Å². The minimum absolute atomic E-state index is 0.0695. The Morgan fingerprint density at radius 1 is 0.684 bits per heavy atom. The van der Waals surface area contributed by atoms with Crippen molar-refractivity contribution in [2.24, 2.45) is 0 Å². The van der Waals surface area contributed by atoms with E-state index in [1.54, 1.807) is 13.0 Å². The molecule has 0 aliphatic carbocycles. The lowest BCUT2D eigenvalue weighted by atomic mass is 10.0. The first-order valence-corrected chi connectivity index (χ1v) is 11.1. The van der Waals surface area contributed by atoms with E-state index in [1.165, 1.54) is 42.5 Å². The van der Waals surface area contributed by atoms with Crippen LogP contribution in [0, 0.1) is 41.5 Å². The van der Waals surface area contributed by atoms with Gasteiger partial charge >= 0.3 is 11.9 Å². The molecule has 0 aromatic heterocycles. The molecule has 4 aromatic carbocycles. The third-order valence-electron chi connectivity index (χ3n) is 5.54. The van der Waals surface area contributed by atoms with E-state index < -0.39 is 40.8 Å². The van der Waals surface area contributed by atoms with Crippen molar-refractivity contribution in [3.8, 4) is 17.6 Å². The van der Waals surface area contributed by atoms with Gasteiger partial charge in [0.1, 0.15) is 40.8 Å². The molecular formula is C29H17F4NO4. The number of carbonyl (C=O) groups is 2. The highest BCUT2D eigenvalue weighted by Gasteiger charge is 2.18. The molecule has 0 atom stereocenters. The molecule has 4 rings (SSSR count). The van der Waals surface area contributed by atoms with E-state index in [-0.39, 0.29) is 29.0 Å². The summed E-state index contributed by atoms with van der Waals surface area (Å²) in [5.41, 5.74) is 0.164. The maximum Gasteiger partial charge on any atom is 0.346 e. The minimum Gasteiger partial charge on any atom is -0.423 e. The minimum atomic E-state index is -1.07. The molecular weight excluding hydrogens is 502 g/mol. The number of hydrogen-bond donors (Lipinski definition) is 0. The van der Waals surface area contributed by atoms with Crippen molar-refractivity contribution in [1.29, 1.82) is 5.26 Å². The molecule has 0 bridgehead atoms. The van der Waals surface area contributed by atoms with Crippen LogP contribution >= 0.6 is 0 Å². The maximum absolute atomic E-state index is 14.6. The van der Waals surface area contributed by atoms with Gasteiger partial charge in [-0.15, -0.1) is 0 Å². The standard InChI is InChI=1S/C29H17F4NO4/c1-16-2-6-20(13-24(16)30)37-28(35)22-8-3-17(11-26(22)32)10-18-4-9-23(27(33)12-18)29(36)38-21-7-5-19(15-34)25(31)14-21/h2-9,11-14H,10H2,1H3. The molecule has 0 radical (unpaired) electrons. The smallest absolute Gasteiger partial charge is 0.346 e. The van der Waals surface area contributed by atoms with Gasteiger partial charge in [-0.25, -0.2) is 27.2 Å².